The zero-order chi connectivity index (χ0) is 11.4. The van der Waals surface area contributed by atoms with Gasteiger partial charge in [-0.1, -0.05) is 0 Å². The molecular formula is C7H9Cl2N5S. The van der Waals surface area contributed by atoms with Gasteiger partial charge in [0.1, 0.15) is 0 Å². The van der Waals surface area contributed by atoms with Gasteiger partial charge in [0.2, 0.25) is 15.7 Å². The summed E-state index contributed by atoms with van der Waals surface area (Å²) in [6.07, 6.45) is 0. The monoisotopic (exact) mass is 265 g/mol. The molecule has 0 amide bonds. The summed E-state index contributed by atoms with van der Waals surface area (Å²) in [7, 11) is 5.44. The minimum atomic E-state index is 0.0757. The quantitative estimate of drug-likeness (QED) is 0.441. The Morgan fingerprint density at radius 3 is 2.13 bits per heavy atom. The standard InChI is InChI=1S/C7H9Cl2N5S/c1-10-7(14(2)3)15-6-12-4(8)11-5(9)13-6/h1-3H3. The molecule has 0 fully saturated rings. The normalized spacial score (nSPS) is 11.7. The van der Waals surface area contributed by atoms with E-state index >= 15 is 0 Å². The lowest BCUT2D eigenvalue weighted by atomic mass is 10.9. The minimum absolute atomic E-state index is 0.0757. The second-order valence-electron chi connectivity index (χ2n) is 2.66. The van der Waals surface area contributed by atoms with E-state index in [0.717, 1.165) is 5.17 Å². The second kappa shape index (κ2) is 5.48. The fourth-order valence-electron chi connectivity index (χ4n) is 0.773. The summed E-state index contributed by atoms with van der Waals surface area (Å²) < 4.78 is 0. The van der Waals surface area contributed by atoms with Gasteiger partial charge in [-0.3, -0.25) is 4.99 Å². The highest BCUT2D eigenvalue weighted by atomic mass is 35.5. The maximum absolute atomic E-state index is 5.64. The number of aliphatic imine (C=N–C) groups is 1. The first-order valence-electron chi connectivity index (χ1n) is 3.92. The van der Waals surface area contributed by atoms with Gasteiger partial charge in [-0.2, -0.15) is 15.0 Å². The third kappa shape index (κ3) is 3.81. The van der Waals surface area contributed by atoms with E-state index in [0.29, 0.717) is 5.16 Å². The molecule has 82 valence electrons. The van der Waals surface area contributed by atoms with Gasteiger partial charge >= 0.3 is 0 Å². The van der Waals surface area contributed by atoms with Gasteiger partial charge in [0, 0.05) is 21.1 Å². The third-order valence-corrected chi connectivity index (χ3v) is 2.75. The van der Waals surface area contributed by atoms with Crippen LogP contribution in [0, 0.1) is 0 Å². The third-order valence-electron chi connectivity index (χ3n) is 1.32. The second-order valence-corrected chi connectivity index (χ2v) is 4.27. The summed E-state index contributed by atoms with van der Waals surface area (Å²) in [6.45, 7) is 0. The van der Waals surface area contributed by atoms with Crippen LogP contribution >= 0.6 is 35.0 Å². The number of amidine groups is 1. The Hall–Kier alpha value is -0.590. The molecule has 0 saturated carbocycles. The van der Waals surface area contributed by atoms with E-state index in [1.165, 1.54) is 11.8 Å². The van der Waals surface area contributed by atoms with Crippen LogP contribution in [0.4, 0.5) is 0 Å². The van der Waals surface area contributed by atoms with Gasteiger partial charge in [0.25, 0.3) is 0 Å². The Kier molecular flexibility index (Phi) is 4.56. The van der Waals surface area contributed by atoms with Crippen LogP contribution in [0.5, 0.6) is 0 Å². The van der Waals surface area contributed by atoms with Gasteiger partial charge in [0.15, 0.2) is 5.17 Å². The van der Waals surface area contributed by atoms with Crippen LogP contribution in [0.2, 0.25) is 10.6 Å². The zero-order valence-electron chi connectivity index (χ0n) is 8.40. The van der Waals surface area contributed by atoms with Gasteiger partial charge in [-0.15, -0.1) is 0 Å². The van der Waals surface area contributed by atoms with E-state index in [4.69, 9.17) is 23.2 Å². The Morgan fingerprint density at radius 2 is 1.73 bits per heavy atom. The lowest BCUT2D eigenvalue weighted by molar-refractivity contribution is 0.634. The van der Waals surface area contributed by atoms with Crippen molar-refractivity contribution in [1.82, 2.24) is 19.9 Å². The van der Waals surface area contributed by atoms with Crippen LogP contribution < -0.4 is 0 Å². The molecule has 0 spiro atoms. The lowest BCUT2D eigenvalue weighted by Crippen LogP contribution is -2.18. The molecule has 15 heavy (non-hydrogen) atoms. The molecule has 0 atom stereocenters. The molecular weight excluding hydrogens is 257 g/mol. The van der Waals surface area contributed by atoms with Crippen molar-refractivity contribution in [3.63, 3.8) is 0 Å². The Bertz CT molecular complexity index is 361. The molecule has 1 rings (SSSR count). The smallest absolute Gasteiger partial charge is 0.227 e. The topological polar surface area (TPSA) is 54.3 Å². The largest absolute Gasteiger partial charge is 0.357 e. The van der Waals surface area contributed by atoms with Crippen LogP contribution in [0.3, 0.4) is 0 Å². The SMILES string of the molecule is CN=C(Sc1nc(Cl)nc(Cl)n1)N(C)C. The molecule has 8 heteroatoms. The van der Waals surface area contributed by atoms with Gasteiger partial charge in [-0.05, 0) is 35.0 Å². The molecule has 0 saturated heterocycles. The van der Waals surface area contributed by atoms with Crippen LogP contribution in [0.15, 0.2) is 10.1 Å². The average Bonchev–Trinajstić information content (AvgIpc) is 2.12. The predicted octanol–water partition coefficient (Wildman–Crippen LogP) is 1.82. The maximum atomic E-state index is 5.64. The Balaban J connectivity index is 2.89. The molecule has 0 unspecified atom stereocenters. The minimum Gasteiger partial charge on any atom is -0.357 e. The number of thioether (sulfide) groups is 1. The van der Waals surface area contributed by atoms with Crippen LogP contribution in [0.1, 0.15) is 0 Å². The molecule has 0 bridgehead atoms. The van der Waals surface area contributed by atoms with Crippen molar-refractivity contribution in [3.8, 4) is 0 Å². The van der Waals surface area contributed by atoms with E-state index in [9.17, 15) is 0 Å². The highest BCUT2D eigenvalue weighted by molar-refractivity contribution is 8.13. The number of nitrogens with zero attached hydrogens (tertiary/aromatic N) is 5. The van der Waals surface area contributed by atoms with Crippen LogP contribution in [0.25, 0.3) is 0 Å². The summed E-state index contributed by atoms with van der Waals surface area (Å²) in [6, 6.07) is 0. The van der Waals surface area contributed by atoms with Gasteiger partial charge < -0.3 is 4.90 Å². The number of halogens is 2. The first-order chi connectivity index (χ1) is 7.02. The summed E-state index contributed by atoms with van der Waals surface area (Å²) >= 11 is 12.6. The van der Waals surface area contributed by atoms with Gasteiger partial charge in [-0.25, -0.2) is 0 Å². The van der Waals surface area contributed by atoms with Crippen molar-refractivity contribution in [2.24, 2.45) is 4.99 Å². The van der Waals surface area contributed by atoms with Crippen molar-refractivity contribution in [2.75, 3.05) is 21.1 Å². The van der Waals surface area contributed by atoms with Gasteiger partial charge in [0.05, 0.1) is 0 Å². The first kappa shape index (κ1) is 12.5. The first-order valence-corrected chi connectivity index (χ1v) is 5.49. The van der Waals surface area contributed by atoms with E-state index in [-0.39, 0.29) is 10.6 Å². The summed E-state index contributed by atoms with van der Waals surface area (Å²) in [5.74, 6) is 0. The highest BCUT2D eigenvalue weighted by Gasteiger charge is 2.09. The molecule has 0 aliphatic rings. The van der Waals surface area contributed by atoms with E-state index in [1.54, 1.807) is 7.05 Å². The van der Waals surface area contributed by atoms with E-state index < -0.39 is 0 Å². The summed E-state index contributed by atoms with van der Waals surface area (Å²) in [5.41, 5.74) is 0. The summed E-state index contributed by atoms with van der Waals surface area (Å²) in [5, 5.41) is 1.33. The molecule has 0 aromatic carbocycles. The lowest BCUT2D eigenvalue weighted by Gasteiger charge is -2.12. The van der Waals surface area contributed by atoms with Crippen molar-refractivity contribution >= 4 is 40.1 Å². The summed E-state index contributed by atoms with van der Waals surface area (Å²) in [4.78, 5) is 17.4. The fourth-order valence-corrected chi connectivity index (χ4v) is 1.94. The van der Waals surface area contributed by atoms with Crippen LogP contribution in [-0.4, -0.2) is 46.2 Å². The Morgan fingerprint density at radius 1 is 1.20 bits per heavy atom. The maximum Gasteiger partial charge on any atom is 0.227 e. The fraction of sp³-hybridized carbons (Fsp3) is 0.429. The van der Waals surface area contributed by atoms with E-state index in [2.05, 4.69) is 19.9 Å². The van der Waals surface area contributed by atoms with E-state index in [1.807, 2.05) is 19.0 Å². The van der Waals surface area contributed by atoms with Crippen molar-refractivity contribution in [3.05, 3.63) is 10.6 Å². The van der Waals surface area contributed by atoms with Crippen molar-refractivity contribution in [1.29, 1.82) is 0 Å². The van der Waals surface area contributed by atoms with Crippen molar-refractivity contribution in [2.45, 2.75) is 5.16 Å². The molecule has 1 aromatic heterocycles. The number of hydrogen-bond acceptors (Lipinski definition) is 5. The number of hydrogen-bond donors (Lipinski definition) is 0. The molecule has 0 aliphatic heterocycles. The predicted molar refractivity (Wildman–Crippen MR) is 62.8 cm³/mol. The van der Waals surface area contributed by atoms with Crippen LogP contribution in [-0.2, 0) is 0 Å². The highest BCUT2D eigenvalue weighted by Crippen LogP contribution is 2.18. The zero-order valence-corrected chi connectivity index (χ0v) is 10.7. The average molecular weight is 266 g/mol. The number of aromatic nitrogens is 3. The molecule has 1 aromatic rings. The molecule has 1 heterocycles. The number of rotatable bonds is 1. The molecule has 5 nitrogen and oxygen atoms in total. The van der Waals surface area contributed by atoms with Crippen molar-refractivity contribution < 1.29 is 0 Å². The molecule has 0 N–H and O–H groups in total. The molecule has 0 radical (unpaired) electrons. The molecule has 0 aliphatic carbocycles. The Labute approximate surface area is 102 Å².